The second-order valence-electron chi connectivity index (χ2n) is 4.56. The summed E-state index contributed by atoms with van der Waals surface area (Å²) in [4.78, 5) is 14.0. The number of ether oxygens (including phenoxy) is 1. The monoisotopic (exact) mass is 255 g/mol. The Morgan fingerprint density at radius 3 is 2.82 bits per heavy atom. The van der Waals surface area contributed by atoms with Crippen molar-refractivity contribution in [3.8, 4) is 0 Å². The molecule has 5 nitrogen and oxygen atoms in total. The van der Waals surface area contributed by atoms with Crippen LogP contribution in [-0.4, -0.2) is 46.3 Å². The van der Waals surface area contributed by atoms with Crippen LogP contribution in [0.15, 0.2) is 12.1 Å². The fourth-order valence-electron chi connectivity index (χ4n) is 1.80. The summed E-state index contributed by atoms with van der Waals surface area (Å²) >= 11 is 5.64. The van der Waals surface area contributed by atoms with Gasteiger partial charge in [-0.15, -0.1) is 10.2 Å². The van der Waals surface area contributed by atoms with Crippen LogP contribution >= 0.6 is 11.6 Å². The van der Waals surface area contributed by atoms with Crippen molar-refractivity contribution in [1.82, 2.24) is 15.1 Å². The SMILES string of the molecule is CC1(C)COCCN1C(=O)c1ccc(Cl)nn1. The molecule has 1 aliphatic heterocycles. The first-order valence-electron chi connectivity index (χ1n) is 5.40. The standard InChI is InChI=1S/C11H14ClN3O2/c1-11(2)7-17-6-5-15(11)10(16)8-3-4-9(12)14-13-8/h3-4H,5-7H2,1-2H3. The van der Waals surface area contributed by atoms with Crippen LogP contribution in [0, 0.1) is 0 Å². The van der Waals surface area contributed by atoms with E-state index in [1.807, 2.05) is 13.8 Å². The fourth-order valence-corrected chi connectivity index (χ4v) is 1.90. The molecule has 0 aliphatic carbocycles. The molecule has 1 aromatic heterocycles. The summed E-state index contributed by atoms with van der Waals surface area (Å²) in [6.45, 7) is 5.58. The molecule has 0 saturated carbocycles. The highest BCUT2D eigenvalue weighted by Gasteiger charge is 2.35. The summed E-state index contributed by atoms with van der Waals surface area (Å²) in [5.41, 5.74) is -0.0132. The number of halogens is 1. The Labute approximate surface area is 105 Å². The van der Waals surface area contributed by atoms with Gasteiger partial charge in [-0.05, 0) is 26.0 Å². The maximum Gasteiger partial charge on any atom is 0.274 e. The lowest BCUT2D eigenvalue weighted by molar-refractivity contribution is -0.0373. The highest BCUT2D eigenvalue weighted by molar-refractivity contribution is 6.29. The number of carbonyl (C=O) groups excluding carboxylic acids is 1. The minimum Gasteiger partial charge on any atom is -0.377 e. The van der Waals surface area contributed by atoms with Crippen LogP contribution in [0.4, 0.5) is 0 Å². The molecule has 0 atom stereocenters. The molecule has 0 aromatic carbocycles. The van der Waals surface area contributed by atoms with Crippen LogP contribution in [0.25, 0.3) is 0 Å². The Bertz CT molecular complexity index is 419. The van der Waals surface area contributed by atoms with Crippen molar-refractivity contribution in [2.75, 3.05) is 19.8 Å². The molecule has 17 heavy (non-hydrogen) atoms. The topological polar surface area (TPSA) is 55.3 Å². The van der Waals surface area contributed by atoms with Crippen LogP contribution in [0.1, 0.15) is 24.3 Å². The first-order chi connectivity index (χ1) is 8.00. The van der Waals surface area contributed by atoms with Crippen LogP contribution < -0.4 is 0 Å². The summed E-state index contributed by atoms with van der Waals surface area (Å²) in [6, 6.07) is 3.15. The molecular weight excluding hydrogens is 242 g/mol. The fraction of sp³-hybridized carbons (Fsp3) is 0.545. The minimum atomic E-state index is -0.323. The first kappa shape index (κ1) is 12.3. The Morgan fingerprint density at radius 2 is 2.24 bits per heavy atom. The number of nitrogens with zero attached hydrogens (tertiary/aromatic N) is 3. The third-order valence-corrected chi connectivity index (χ3v) is 2.94. The number of rotatable bonds is 1. The zero-order valence-electron chi connectivity index (χ0n) is 9.81. The number of hydrogen-bond acceptors (Lipinski definition) is 4. The van der Waals surface area contributed by atoms with Crippen molar-refractivity contribution in [2.45, 2.75) is 19.4 Å². The van der Waals surface area contributed by atoms with E-state index in [1.54, 1.807) is 17.0 Å². The maximum atomic E-state index is 12.3. The molecule has 2 heterocycles. The molecule has 0 spiro atoms. The molecule has 1 fully saturated rings. The molecule has 0 radical (unpaired) electrons. The van der Waals surface area contributed by atoms with E-state index >= 15 is 0 Å². The van der Waals surface area contributed by atoms with E-state index in [1.165, 1.54) is 0 Å². The van der Waals surface area contributed by atoms with Gasteiger partial charge in [0.2, 0.25) is 0 Å². The van der Waals surface area contributed by atoms with Gasteiger partial charge in [-0.25, -0.2) is 0 Å². The van der Waals surface area contributed by atoms with E-state index in [9.17, 15) is 4.79 Å². The largest absolute Gasteiger partial charge is 0.377 e. The Kier molecular flexibility index (Phi) is 3.31. The molecule has 92 valence electrons. The quantitative estimate of drug-likeness (QED) is 0.761. The number of morpholine rings is 1. The molecule has 1 amide bonds. The molecule has 1 saturated heterocycles. The van der Waals surface area contributed by atoms with E-state index in [0.717, 1.165) is 0 Å². The number of aromatic nitrogens is 2. The average Bonchev–Trinajstić information content (AvgIpc) is 2.28. The smallest absolute Gasteiger partial charge is 0.274 e. The zero-order chi connectivity index (χ0) is 12.5. The second-order valence-corrected chi connectivity index (χ2v) is 4.95. The van der Waals surface area contributed by atoms with Crippen molar-refractivity contribution in [3.63, 3.8) is 0 Å². The van der Waals surface area contributed by atoms with Gasteiger partial charge >= 0.3 is 0 Å². The van der Waals surface area contributed by atoms with Crippen LogP contribution in [0.2, 0.25) is 5.15 Å². The summed E-state index contributed by atoms with van der Waals surface area (Å²) in [5, 5.41) is 7.76. The van der Waals surface area contributed by atoms with Crippen molar-refractivity contribution in [3.05, 3.63) is 23.0 Å². The summed E-state index contributed by atoms with van der Waals surface area (Å²) in [5.74, 6) is -0.137. The summed E-state index contributed by atoms with van der Waals surface area (Å²) in [7, 11) is 0. The van der Waals surface area contributed by atoms with Crippen molar-refractivity contribution in [2.24, 2.45) is 0 Å². The molecule has 0 unspecified atom stereocenters. The molecule has 0 bridgehead atoms. The second kappa shape index (κ2) is 4.58. The Morgan fingerprint density at radius 1 is 1.47 bits per heavy atom. The van der Waals surface area contributed by atoms with Gasteiger partial charge in [0.1, 0.15) is 0 Å². The highest BCUT2D eigenvalue weighted by Crippen LogP contribution is 2.21. The molecule has 1 aromatic rings. The molecule has 1 aliphatic rings. The lowest BCUT2D eigenvalue weighted by Crippen LogP contribution is -2.55. The van der Waals surface area contributed by atoms with Gasteiger partial charge in [0, 0.05) is 6.54 Å². The van der Waals surface area contributed by atoms with Crippen LogP contribution in [0.3, 0.4) is 0 Å². The van der Waals surface area contributed by atoms with Gasteiger partial charge < -0.3 is 9.64 Å². The summed E-state index contributed by atoms with van der Waals surface area (Å²) < 4.78 is 5.37. The normalized spacial score (nSPS) is 19.1. The predicted octanol–water partition coefficient (Wildman–Crippen LogP) is 1.38. The zero-order valence-corrected chi connectivity index (χ0v) is 10.6. The maximum absolute atomic E-state index is 12.3. The van der Waals surface area contributed by atoms with Gasteiger partial charge in [0.25, 0.3) is 5.91 Å². The van der Waals surface area contributed by atoms with E-state index in [2.05, 4.69) is 10.2 Å². The molecule has 6 heteroatoms. The first-order valence-corrected chi connectivity index (χ1v) is 5.77. The van der Waals surface area contributed by atoms with Crippen LogP contribution in [0.5, 0.6) is 0 Å². The Balaban J connectivity index is 2.21. The number of hydrogen-bond donors (Lipinski definition) is 0. The lowest BCUT2D eigenvalue weighted by atomic mass is 10.0. The number of carbonyl (C=O) groups is 1. The Hall–Kier alpha value is -1.20. The lowest BCUT2D eigenvalue weighted by Gasteiger charge is -2.41. The highest BCUT2D eigenvalue weighted by atomic mass is 35.5. The van der Waals surface area contributed by atoms with E-state index in [-0.39, 0.29) is 16.6 Å². The van der Waals surface area contributed by atoms with E-state index in [4.69, 9.17) is 16.3 Å². The van der Waals surface area contributed by atoms with Crippen LogP contribution in [-0.2, 0) is 4.74 Å². The number of amides is 1. The molecule has 0 N–H and O–H groups in total. The minimum absolute atomic E-state index is 0.137. The molecule has 2 rings (SSSR count). The van der Waals surface area contributed by atoms with Gasteiger partial charge in [0.15, 0.2) is 10.8 Å². The van der Waals surface area contributed by atoms with Crippen molar-refractivity contribution >= 4 is 17.5 Å². The van der Waals surface area contributed by atoms with Crippen molar-refractivity contribution in [1.29, 1.82) is 0 Å². The van der Waals surface area contributed by atoms with E-state index in [0.29, 0.717) is 25.5 Å². The van der Waals surface area contributed by atoms with Gasteiger partial charge in [-0.2, -0.15) is 0 Å². The van der Waals surface area contributed by atoms with Gasteiger partial charge in [-0.1, -0.05) is 11.6 Å². The van der Waals surface area contributed by atoms with E-state index < -0.39 is 0 Å². The predicted molar refractivity (Wildman–Crippen MR) is 63.0 cm³/mol. The third kappa shape index (κ3) is 2.56. The average molecular weight is 256 g/mol. The summed E-state index contributed by atoms with van der Waals surface area (Å²) in [6.07, 6.45) is 0. The third-order valence-electron chi connectivity index (χ3n) is 2.74. The van der Waals surface area contributed by atoms with Gasteiger partial charge in [-0.3, -0.25) is 4.79 Å². The van der Waals surface area contributed by atoms with Gasteiger partial charge in [0.05, 0.1) is 18.8 Å². The molecular formula is C11H14ClN3O2. The van der Waals surface area contributed by atoms with Crippen molar-refractivity contribution < 1.29 is 9.53 Å².